The van der Waals surface area contributed by atoms with Gasteiger partial charge in [0, 0.05) is 43.2 Å². The highest BCUT2D eigenvalue weighted by Crippen LogP contribution is 2.23. The van der Waals surface area contributed by atoms with Crippen LogP contribution in [0.25, 0.3) is 0 Å². The Morgan fingerprint density at radius 3 is 2.69 bits per heavy atom. The van der Waals surface area contributed by atoms with Gasteiger partial charge in [0.1, 0.15) is 5.82 Å². The number of hydrogen-bond donors (Lipinski definition) is 0. The van der Waals surface area contributed by atoms with Crippen LogP contribution in [0.2, 0.25) is 0 Å². The molecule has 3 rings (SSSR count). The van der Waals surface area contributed by atoms with Crippen LogP contribution in [-0.4, -0.2) is 48.4 Å². The fraction of sp³-hybridized carbons (Fsp3) is 0.316. The Morgan fingerprint density at radius 2 is 2.00 bits per heavy atom. The molecule has 6 nitrogen and oxygen atoms in total. The fourth-order valence-corrected chi connectivity index (χ4v) is 2.86. The molecule has 0 amide bonds. The summed E-state index contributed by atoms with van der Waals surface area (Å²) in [6.07, 6.45) is 2.02. The maximum absolute atomic E-state index is 13.1. The number of carbonyl (C=O) groups is 2. The molecular weight excluding hydrogens is 339 g/mol. The van der Waals surface area contributed by atoms with E-state index >= 15 is 0 Å². The first kappa shape index (κ1) is 18.2. The average molecular weight is 358 g/mol. The van der Waals surface area contributed by atoms with Crippen LogP contribution < -0.4 is 0 Å². The Bertz CT molecular complexity index is 760. The fourth-order valence-electron chi connectivity index (χ4n) is 2.86. The van der Waals surface area contributed by atoms with Gasteiger partial charge in [0.15, 0.2) is 6.10 Å². The van der Waals surface area contributed by atoms with Crippen LogP contribution in [0.15, 0.2) is 42.7 Å². The molecule has 1 aromatic carbocycles. The molecule has 0 bridgehead atoms. The third-order valence-corrected chi connectivity index (χ3v) is 4.19. The molecule has 0 saturated carbocycles. The zero-order valence-corrected chi connectivity index (χ0v) is 14.1. The topological polar surface area (TPSA) is 68.7 Å². The smallest absolute Gasteiger partial charge is 0.294 e. The lowest BCUT2D eigenvalue weighted by molar-refractivity contribution is -0.132. The molecule has 1 aliphatic heterocycles. The molecule has 1 unspecified atom stereocenters. The molecule has 1 fully saturated rings. The van der Waals surface area contributed by atoms with Crippen LogP contribution in [0.5, 0.6) is 0 Å². The standard InChI is InChI=1S/C19H19FN2O4/c20-17-3-1-15(2-4-17)19(26-13-23)18(24)16-9-14(10-21-11-16)12-22-5-7-25-8-6-22/h1-4,9-11,13,19H,5-8,12H2. The highest BCUT2D eigenvalue weighted by molar-refractivity contribution is 6.00. The van der Waals surface area contributed by atoms with Gasteiger partial charge in [0.2, 0.25) is 5.78 Å². The van der Waals surface area contributed by atoms with E-state index in [1.807, 2.05) is 0 Å². The molecule has 1 atom stereocenters. The largest absolute Gasteiger partial charge is 0.451 e. The van der Waals surface area contributed by atoms with Gasteiger partial charge in [-0.1, -0.05) is 12.1 Å². The first-order valence-corrected chi connectivity index (χ1v) is 8.30. The molecule has 26 heavy (non-hydrogen) atoms. The van der Waals surface area contributed by atoms with Crippen molar-refractivity contribution in [2.75, 3.05) is 26.3 Å². The minimum absolute atomic E-state index is 0.219. The van der Waals surface area contributed by atoms with Gasteiger partial charge in [-0.05, 0) is 23.8 Å². The van der Waals surface area contributed by atoms with Crippen molar-refractivity contribution in [2.45, 2.75) is 12.6 Å². The van der Waals surface area contributed by atoms with E-state index in [-0.39, 0.29) is 6.47 Å². The van der Waals surface area contributed by atoms with E-state index in [2.05, 4.69) is 9.88 Å². The van der Waals surface area contributed by atoms with Crippen molar-refractivity contribution in [3.63, 3.8) is 0 Å². The van der Waals surface area contributed by atoms with Crippen LogP contribution >= 0.6 is 0 Å². The second-order valence-electron chi connectivity index (χ2n) is 6.00. The summed E-state index contributed by atoms with van der Waals surface area (Å²) in [7, 11) is 0. The van der Waals surface area contributed by atoms with Crippen LogP contribution in [0.1, 0.15) is 27.6 Å². The number of nitrogens with zero attached hydrogens (tertiary/aromatic N) is 2. The highest BCUT2D eigenvalue weighted by atomic mass is 19.1. The van der Waals surface area contributed by atoms with Crippen molar-refractivity contribution in [3.05, 3.63) is 65.2 Å². The predicted molar refractivity (Wildman–Crippen MR) is 91.0 cm³/mol. The summed E-state index contributed by atoms with van der Waals surface area (Å²) in [5.74, 6) is -0.833. The molecule has 7 heteroatoms. The first-order chi connectivity index (χ1) is 12.7. The molecule has 1 aliphatic rings. The molecule has 2 aromatic rings. The second kappa shape index (κ2) is 8.64. The third-order valence-electron chi connectivity index (χ3n) is 4.19. The summed E-state index contributed by atoms with van der Waals surface area (Å²) in [4.78, 5) is 30.0. The molecule has 1 saturated heterocycles. The Hall–Kier alpha value is -2.64. The average Bonchev–Trinajstić information content (AvgIpc) is 2.67. The molecule has 0 radical (unpaired) electrons. The van der Waals surface area contributed by atoms with Crippen molar-refractivity contribution in [1.29, 1.82) is 0 Å². The number of aromatic nitrogens is 1. The molecule has 0 aliphatic carbocycles. The van der Waals surface area contributed by atoms with Gasteiger partial charge >= 0.3 is 0 Å². The SMILES string of the molecule is O=COC(C(=O)c1cncc(CN2CCOCC2)c1)c1ccc(F)cc1. The number of Topliss-reactive ketones (excluding diaryl/α,β-unsaturated/α-hetero) is 1. The lowest BCUT2D eigenvalue weighted by atomic mass is 10.00. The van der Waals surface area contributed by atoms with Crippen LogP contribution in [0.4, 0.5) is 4.39 Å². The Morgan fingerprint density at radius 1 is 1.27 bits per heavy atom. The maximum Gasteiger partial charge on any atom is 0.294 e. The quantitative estimate of drug-likeness (QED) is 0.558. The zero-order valence-electron chi connectivity index (χ0n) is 14.1. The molecule has 0 N–H and O–H groups in total. The predicted octanol–water partition coefficient (Wildman–Crippen LogP) is 2.15. The summed E-state index contributed by atoms with van der Waals surface area (Å²) in [5, 5.41) is 0. The van der Waals surface area contributed by atoms with E-state index in [0.717, 1.165) is 18.7 Å². The Balaban J connectivity index is 1.79. The number of ether oxygens (including phenoxy) is 2. The van der Waals surface area contributed by atoms with Crippen LogP contribution in [0.3, 0.4) is 0 Å². The van der Waals surface area contributed by atoms with E-state index < -0.39 is 17.7 Å². The van der Waals surface area contributed by atoms with Crippen molar-refractivity contribution < 1.29 is 23.5 Å². The first-order valence-electron chi connectivity index (χ1n) is 8.30. The van der Waals surface area contributed by atoms with Crippen LogP contribution in [-0.2, 0) is 20.8 Å². The lowest BCUT2D eigenvalue weighted by Gasteiger charge is -2.26. The number of pyridine rings is 1. The van der Waals surface area contributed by atoms with Gasteiger partial charge in [-0.15, -0.1) is 0 Å². The van der Waals surface area contributed by atoms with Crippen molar-refractivity contribution in [1.82, 2.24) is 9.88 Å². The van der Waals surface area contributed by atoms with E-state index in [4.69, 9.17) is 9.47 Å². The maximum atomic E-state index is 13.1. The van der Waals surface area contributed by atoms with E-state index in [9.17, 15) is 14.0 Å². The van der Waals surface area contributed by atoms with E-state index in [1.165, 1.54) is 30.5 Å². The van der Waals surface area contributed by atoms with E-state index in [1.54, 1.807) is 12.3 Å². The molecule has 0 spiro atoms. The number of carbonyl (C=O) groups excluding carboxylic acids is 2. The van der Waals surface area contributed by atoms with Crippen molar-refractivity contribution in [2.24, 2.45) is 0 Å². The number of morpholine rings is 1. The monoisotopic (exact) mass is 358 g/mol. The highest BCUT2D eigenvalue weighted by Gasteiger charge is 2.24. The lowest BCUT2D eigenvalue weighted by Crippen LogP contribution is -2.35. The summed E-state index contributed by atoms with van der Waals surface area (Å²) in [6, 6.07) is 7.03. The molecular formula is C19H19FN2O4. The molecule has 1 aromatic heterocycles. The Labute approximate surface area is 150 Å². The van der Waals surface area contributed by atoms with Gasteiger partial charge in [-0.25, -0.2) is 4.39 Å². The van der Waals surface area contributed by atoms with Gasteiger partial charge in [-0.2, -0.15) is 0 Å². The minimum atomic E-state index is -1.13. The van der Waals surface area contributed by atoms with Crippen molar-refractivity contribution >= 4 is 12.3 Å². The number of hydrogen-bond acceptors (Lipinski definition) is 6. The van der Waals surface area contributed by atoms with Crippen molar-refractivity contribution in [3.8, 4) is 0 Å². The summed E-state index contributed by atoms with van der Waals surface area (Å²) in [5.41, 5.74) is 1.63. The number of ketones is 1. The van der Waals surface area contributed by atoms with Gasteiger partial charge < -0.3 is 9.47 Å². The van der Waals surface area contributed by atoms with Gasteiger partial charge in [-0.3, -0.25) is 19.5 Å². The van der Waals surface area contributed by atoms with Gasteiger partial charge in [0.25, 0.3) is 6.47 Å². The third kappa shape index (κ3) is 4.50. The second-order valence-corrected chi connectivity index (χ2v) is 6.00. The van der Waals surface area contributed by atoms with Crippen LogP contribution in [0, 0.1) is 5.82 Å². The number of halogens is 1. The zero-order chi connectivity index (χ0) is 18.4. The number of rotatable bonds is 7. The summed E-state index contributed by atoms with van der Waals surface area (Å²) >= 11 is 0. The number of benzene rings is 1. The van der Waals surface area contributed by atoms with Gasteiger partial charge in [0.05, 0.1) is 13.2 Å². The minimum Gasteiger partial charge on any atom is -0.451 e. The Kier molecular flexibility index (Phi) is 6.04. The summed E-state index contributed by atoms with van der Waals surface area (Å²) in [6.45, 7) is 3.90. The summed E-state index contributed by atoms with van der Waals surface area (Å²) < 4.78 is 23.4. The molecule has 136 valence electrons. The van der Waals surface area contributed by atoms with E-state index in [0.29, 0.717) is 30.9 Å². The molecule has 2 heterocycles. The normalized spacial score (nSPS) is 16.0.